The van der Waals surface area contributed by atoms with Crippen LogP contribution in [0.3, 0.4) is 0 Å². The highest BCUT2D eigenvalue weighted by atomic mass is 15.1. The molecule has 2 nitrogen and oxygen atoms in total. The first kappa shape index (κ1) is 10.5. The second-order valence-corrected chi connectivity index (χ2v) is 4.71. The van der Waals surface area contributed by atoms with Gasteiger partial charge in [-0.2, -0.15) is 0 Å². The molecule has 0 aromatic heterocycles. The van der Waals surface area contributed by atoms with Gasteiger partial charge >= 0.3 is 0 Å². The molecule has 2 N–H and O–H groups in total. The van der Waals surface area contributed by atoms with Gasteiger partial charge in [-0.1, -0.05) is 19.1 Å². The second kappa shape index (κ2) is 4.23. The Balaban J connectivity index is 2.12. The average molecular weight is 204 g/mol. The van der Waals surface area contributed by atoms with Crippen LogP contribution in [0.1, 0.15) is 18.9 Å². The van der Waals surface area contributed by atoms with Gasteiger partial charge < -0.3 is 10.6 Å². The van der Waals surface area contributed by atoms with E-state index in [9.17, 15) is 0 Å². The Morgan fingerprint density at radius 1 is 1.40 bits per heavy atom. The fraction of sp³-hybridized carbons (Fsp3) is 0.538. The summed E-state index contributed by atoms with van der Waals surface area (Å²) in [7, 11) is 0. The Hall–Kier alpha value is -1.02. The maximum Gasteiger partial charge on any atom is 0.0368 e. The van der Waals surface area contributed by atoms with E-state index in [1.165, 1.54) is 11.3 Å². The Morgan fingerprint density at radius 3 is 2.87 bits per heavy atom. The van der Waals surface area contributed by atoms with E-state index in [-0.39, 0.29) is 0 Å². The summed E-state index contributed by atoms with van der Waals surface area (Å²) >= 11 is 0. The van der Waals surface area contributed by atoms with Gasteiger partial charge in [0.2, 0.25) is 0 Å². The lowest BCUT2D eigenvalue weighted by Crippen LogP contribution is -2.45. The summed E-state index contributed by atoms with van der Waals surface area (Å²) in [5, 5.41) is 0. The Bertz CT molecular complexity index is 335. The highest BCUT2D eigenvalue weighted by Gasteiger charge is 2.22. The molecule has 1 aliphatic rings. The lowest BCUT2D eigenvalue weighted by Gasteiger charge is -2.36. The monoisotopic (exact) mass is 204 g/mol. The van der Waals surface area contributed by atoms with E-state index in [1.807, 2.05) is 0 Å². The molecule has 0 aliphatic carbocycles. The average Bonchev–Trinajstić information content (AvgIpc) is 2.22. The lowest BCUT2D eigenvalue weighted by molar-refractivity contribution is 0.383. The lowest BCUT2D eigenvalue weighted by atomic mass is 9.94. The first-order valence-electron chi connectivity index (χ1n) is 5.74. The summed E-state index contributed by atoms with van der Waals surface area (Å²) in [5.41, 5.74) is 8.69. The molecule has 0 bridgehead atoms. The van der Waals surface area contributed by atoms with Crippen molar-refractivity contribution in [3.8, 4) is 0 Å². The number of nitrogens with zero attached hydrogens (tertiary/aromatic N) is 1. The van der Waals surface area contributed by atoms with Gasteiger partial charge in [-0.3, -0.25) is 0 Å². The molecule has 0 spiro atoms. The molecule has 82 valence electrons. The SMILES string of the molecule is Cc1cccc(N2CCC(N)C(C)C2)c1. The topological polar surface area (TPSA) is 29.3 Å². The number of hydrogen-bond donors (Lipinski definition) is 1. The normalized spacial score (nSPS) is 26.7. The van der Waals surface area contributed by atoms with Gasteiger partial charge in [0, 0.05) is 24.8 Å². The van der Waals surface area contributed by atoms with Crippen LogP contribution in [-0.2, 0) is 0 Å². The van der Waals surface area contributed by atoms with Crippen LogP contribution in [0, 0.1) is 12.8 Å². The molecular weight excluding hydrogens is 184 g/mol. The van der Waals surface area contributed by atoms with Crippen molar-refractivity contribution in [2.45, 2.75) is 26.3 Å². The number of piperidine rings is 1. The van der Waals surface area contributed by atoms with Crippen molar-refractivity contribution in [3.63, 3.8) is 0 Å². The molecule has 0 saturated carbocycles. The summed E-state index contributed by atoms with van der Waals surface area (Å²) < 4.78 is 0. The molecule has 2 atom stereocenters. The third-order valence-corrected chi connectivity index (χ3v) is 3.34. The number of nitrogens with two attached hydrogens (primary N) is 1. The van der Waals surface area contributed by atoms with Crippen molar-refractivity contribution in [1.82, 2.24) is 0 Å². The van der Waals surface area contributed by atoms with Crippen LogP contribution in [0.25, 0.3) is 0 Å². The summed E-state index contributed by atoms with van der Waals surface area (Å²) in [6.45, 7) is 6.56. The highest BCUT2D eigenvalue weighted by Crippen LogP contribution is 2.22. The molecule has 1 aliphatic heterocycles. The van der Waals surface area contributed by atoms with Gasteiger partial charge in [0.1, 0.15) is 0 Å². The number of benzene rings is 1. The van der Waals surface area contributed by atoms with Crippen molar-refractivity contribution in [2.75, 3.05) is 18.0 Å². The zero-order chi connectivity index (χ0) is 10.8. The van der Waals surface area contributed by atoms with Gasteiger partial charge in [-0.15, -0.1) is 0 Å². The van der Waals surface area contributed by atoms with Crippen molar-refractivity contribution in [1.29, 1.82) is 0 Å². The van der Waals surface area contributed by atoms with Gasteiger partial charge in [0.15, 0.2) is 0 Å². The van der Waals surface area contributed by atoms with Crippen LogP contribution in [0.15, 0.2) is 24.3 Å². The van der Waals surface area contributed by atoms with Crippen LogP contribution >= 0.6 is 0 Å². The van der Waals surface area contributed by atoms with Crippen molar-refractivity contribution in [2.24, 2.45) is 11.7 Å². The minimum Gasteiger partial charge on any atom is -0.371 e. The predicted molar refractivity (Wildman–Crippen MR) is 65.1 cm³/mol. The summed E-state index contributed by atoms with van der Waals surface area (Å²) in [5.74, 6) is 0.597. The smallest absolute Gasteiger partial charge is 0.0368 e. The van der Waals surface area contributed by atoms with E-state index >= 15 is 0 Å². The second-order valence-electron chi connectivity index (χ2n) is 4.71. The van der Waals surface area contributed by atoms with Crippen molar-refractivity contribution >= 4 is 5.69 Å². The zero-order valence-electron chi connectivity index (χ0n) is 9.61. The number of aryl methyl sites for hydroxylation is 1. The molecule has 0 amide bonds. The quantitative estimate of drug-likeness (QED) is 0.759. The van der Waals surface area contributed by atoms with Crippen LogP contribution in [0.5, 0.6) is 0 Å². The molecule has 2 heteroatoms. The largest absolute Gasteiger partial charge is 0.371 e. The molecule has 15 heavy (non-hydrogen) atoms. The summed E-state index contributed by atoms with van der Waals surface area (Å²) in [4.78, 5) is 2.45. The van der Waals surface area contributed by atoms with E-state index in [0.717, 1.165) is 19.5 Å². The Morgan fingerprint density at radius 2 is 2.20 bits per heavy atom. The van der Waals surface area contributed by atoms with Crippen LogP contribution < -0.4 is 10.6 Å². The molecule has 1 fully saturated rings. The fourth-order valence-electron chi connectivity index (χ4n) is 2.22. The molecule has 1 saturated heterocycles. The first-order valence-corrected chi connectivity index (χ1v) is 5.74. The van der Waals surface area contributed by atoms with Gasteiger partial charge in [0.05, 0.1) is 0 Å². The fourth-order valence-corrected chi connectivity index (χ4v) is 2.22. The highest BCUT2D eigenvalue weighted by molar-refractivity contribution is 5.48. The minimum absolute atomic E-state index is 0.381. The van der Waals surface area contributed by atoms with Crippen LogP contribution in [-0.4, -0.2) is 19.1 Å². The molecule has 0 radical (unpaired) electrons. The molecule has 1 aromatic carbocycles. The molecule has 1 aromatic rings. The Labute approximate surface area is 92.1 Å². The van der Waals surface area contributed by atoms with Gasteiger partial charge in [-0.05, 0) is 37.0 Å². The van der Waals surface area contributed by atoms with Gasteiger partial charge in [-0.25, -0.2) is 0 Å². The number of rotatable bonds is 1. The molecule has 2 rings (SSSR count). The van der Waals surface area contributed by atoms with E-state index in [2.05, 4.69) is 43.0 Å². The molecular formula is C13H20N2. The van der Waals surface area contributed by atoms with Crippen LogP contribution in [0.2, 0.25) is 0 Å². The molecule has 1 heterocycles. The van der Waals surface area contributed by atoms with Crippen molar-refractivity contribution in [3.05, 3.63) is 29.8 Å². The number of hydrogen-bond acceptors (Lipinski definition) is 2. The van der Waals surface area contributed by atoms with Crippen molar-refractivity contribution < 1.29 is 0 Å². The van der Waals surface area contributed by atoms with E-state index in [0.29, 0.717) is 12.0 Å². The minimum atomic E-state index is 0.381. The van der Waals surface area contributed by atoms with Crippen LogP contribution in [0.4, 0.5) is 5.69 Å². The van der Waals surface area contributed by atoms with E-state index < -0.39 is 0 Å². The summed E-state index contributed by atoms with van der Waals surface area (Å²) in [6.07, 6.45) is 1.11. The van der Waals surface area contributed by atoms with E-state index in [4.69, 9.17) is 5.73 Å². The van der Waals surface area contributed by atoms with Gasteiger partial charge in [0.25, 0.3) is 0 Å². The van der Waals surface area contributed by atoms with E-state index in [1.54, 1.807) is 0 Å². The third-order valence-electron chi connectivity index (χ3n) is 3.34. The standard InChI is InChI=1S/C13H20N2/c1-10-4-3-5-12(8-10)15-7-6-13(14)11(2)9-15/h3-5,8,11,13H,6-7,9,14H2,1-2H3. The third kappa shape index (κ3) is 2.32. The number of anilines is 1. The maximum atomic E-state index is 6.02. The molecule has 2 unspecified atom stereocenters. The zero-order valence-corrected chi connectivity index (χ0v) is 9.61. The first-order chi connectivity index (χ1) is 7.16. The predicted octanol–water partition coefficient (Wildman–Crippen LogP) is 2.17. The Kier molecular flexibility index (Phi) is 2.96. The summed E-state index contributed by atoms with van der Waals surface area (Å²) in [6, 6.07) is 9.10. The maximum absolute atomic E-state index is 6.02.